The third-order valence-electron chi connectivity index (χ3n) is 4.36. The first-order valence-corrected chi connectivity index (χ1v) is 9.16. The molecule has 2 aliphatic rings. The summed E-state index contributed by atoms with van der Waals surface area (Å²) in [5, 5.41) is 3.37. The van der Waals surface area contributed by atoms with E-state index >= 15 is 0 Å². The zero-order valence-electron chi connectivity index (χ0n) is 14.9. The van der Waals surface area contributed by atoms with E-state index in [-0.39, 0.29) is 12.2 Å². The topological polar surface area (TPSA) is 68.2 Å². The molecular formula is C18H28N4O3. The quantitative estimate of drug-likeness (QED) is 0.475. The number of nitrogens with zero attached hydrogens (tertiary/aromatic N) is 3. The van der Waals surface area contributed by atoms with Gasteiger partial charge in [0.05, 0.1) is 25.5 Å². The lowest BCUT2D eigenvalue weighted by molar-refractivity contribution is -0.0817. The third-order valence-corrected chi connectivity index (χ3v) is 4.36. The third kappa shape index (κ3) is 5.31. The van der Waals surface area contributed by atoms with Crippen molar-refractivity contribution in [1.29, 1.82) is 0 Å². The highest BCUT2D eigenvalue weighted by molar-refractivity contribution is 5.80. The van der Waals surface area contributed by atoms with E-state index in [0.717, 1.165) is 50.8 Å². The molecule has 0 amide bonds. The van der Waals surface area contributed by atoms with Gasteiger partial charge in [-0.1, -0.05) is 0 Å². The average molecular weight is 348 g/mol. The fraction of sp³-hybridized carbons (Fsp3) is 0.667. The maximum atomic E-state index is 5.92. The molecule has 7 heteroatoms. The van der Waals surface area contributed by atoms with Crippen LogP contribution >= 0.6 is 0 Å². The van der Waals surface area contributed by atoms with E-state index in [2.05, 4.69) is 22.1 Å². The van der Waals surface area contributed by atoms with Gasteiger partial charge in [0.15, 0.2) is 5.96 Å². The van der Waals surface area contributed by atoms with Crippen molar-refractivity contribution in [3.63, 3.8) is 0 Å². The fourth-order valence-corrected chi connectivity index (χ4v) is 3.16. The van der Waals surface area contributed by atoms with E-state index in [1.807, 2.05) is 12.1 Å². The Morgan fingerprint density at radius 1 is 1.40 bits per heavy atom. The van der Waals surface area contributed by atoms with Crippen LogP contribution in [0.3, 0.4) is 0 Å². The molecular weight excluding hydrogens is 320 g/mol. The number of rotatable bonds is 6. The van der Waals surface area contributed by atoms with Crippen molar-refractivity contribution >= 4 is 5.96 Å². The monoisotopic (exact) mass is 348 g/mol. The van der Waals surface area contributed by atoms with E-state index in [1.54, 1.807) is 12.4 Å². The first-order valence-electron chi connectivity index (χ1n) is 9.16. The summed E-state index contributed by atoms with van der Waals surface area (Å²) in [4.78, 5) is 11.0. The van der Waals surface area contributed by atoms with Gasteiger partial charge in [0.2, 0.25) is 0 Å². The van der Waals surface area contributed by atoms with Crippen molar-refractivity contribution in [3.8, 4) is 5.75 Å². The van der Waals surface area contributed by atoms with Crippen LogP contribution in [0.15, 0.2) is 29.5 Å². The van der Waals surface area contributed by atoms with Crippen molar-refractivity contribution in [1.82, 2.24) is 15.2 Å². The molecule has 138 valence electrons. The second-order valence-corrected chi connectivity index (χ2v) is 6.18. The molecule has 25 heavy (non-hydrogen) atoms. The minimum absolute atomic E-state index is 0.131. The van der Waals surface area contributed by atoms with Crippen LogP contribution in [0.1, 0.15) is 19.8 Å². The van der Waals surface area contributed by atoms with Gasteiger partial charge in [-0.25, -0.2) is 4.99 Å². The molecule has 0 saturated carbocycles. The first kappa shape index (κ1) is 17.9. The molecule has 0 bridgehead atoms. The van der Waals surface area contributed by atoms with E-state index in [4.69, 9.17) is 19.2 Å². The maximum Gasteiger partial charge on any atom is 0.194 e. The second kappa shape index (κ2) is 9.58. The Kier molecular flexibility index (Phi) is 6.88. The highest BCUT2D eigenvalue weighted by Gasteiger charge is 2.32. The molecule has 2 unspecified atom stereocenters. The van der Waals surface area contributed by atoms with Gasteiger partial charge in [0.1, 0.15) is 18.5 Å². The van der Waals surface area contributed by atoms with Crippen LogP contribution in [-0.2, 0) is 9.47 Å². The summed E-state index contributed by atoms with van der Waals surface area (Å²) in [6.07, 6.45) is 6.02. The van der Waals surface area contributed by atoms with Gasteiger partial charge in [0, 0.05) is 32.4 Å². The van der Waals surface area contributed by atoms with Gasteiger partial charge in [0.25, 0.3) is 0 Å². The number of hydrogen-bond acceptors (Lipinski definition) is 5. The molecule has 3 rings (SSSR count). The minimum Gasteiger partial charge on any atom is -0.490 e. The summed E-state index contributed by atoms with van der Waals surface area (Å²) in [7, 11) is 0. The molecule has 2 aliphatic heterocycles. The summed E-state index contributed by atoms with van der Waals surface area (Å²) in [5.74, 6) is 1.69. The van der Waals surface area contributed by atoms with Crippen LogP contribution in [0.25, 0.3) is 0 Å². The van der Waals surface area contributed by atoms with Gasteiger partial charge in [-0.05, 0) is 31.9 Å². The number of aliphatic imine (C=N–C) groups is 1. The lowest BCUT2D eigenvalue weighted by Crippen LogP contribution is -2.53. The van der Waals surface area contributed by atoms with Crippen LogP contribution in [0.5, 0.6) is 5.75 Å². The lowest BCUT2D eigenvalue weighted by Gasteiger charge is -2.37. The smallest absolute Gasteiger partial charge is 0.194 e. The Morgan fingerprint density at radius 3 is 3.08 bits per heavy atom. The van der Waals surface area contributed by atoms with E-state index < -0.39 is 0 Å². The molecule has 1 aromatic rings. The van der Waals surface area contributed by atoms with Crippen LogP contribution in [-0.4, -0.2) is 74.1 Å². The number of nitrogens with one attached hydrogen (secondary N) is 1. The molecule has 7 nitrogen and oxygen atoms in total. The first-order chi connectivity index (χ1) is 12.4. The number of pyridine rings is 1. The van der Waals surface area contributed by atoms with Gasteiger partial charge in [-0.2, -0.15) is 0 Å². The Hall–Kier alpha value is -1.86. The number of guanidine groups is 1. The molecule has 2 saturated heterocycles. The Labute approximate surface area is 149 Å². The van der Waals surface area contributed by atoms with Crippen molar-refractivity contribution in [2.24, 2.45) is 4.99 Å². The molecule has 0 aromatic carbocycles. The predicted molar refractivity (Wildman–Crippen MR) is 96.0 cm³/mol. The van der Waals surface area contributed by atoms with Crippen LogP contribution < -0.4 is 10.1 Å². The van der Waals surface area contributed by atoms with Gasteiger partial charge >= 0.3 is 0 Å². The summed E-state index contributed by atoms with van der Waals surface area (Å²) in [6.45, 7) is 7.27. The standard InChI is InChI=1S/C18H28N4O3/c1-2-20-18(21-8-11-23-15-5-3-7-19-13-15)22-9-12-25-17(14-22)16-6-4-10-24-16/h3,5,7,13,16-17H,2,4,6,8-12,14H2,1H3,(H,20,21). The highest BCUT2D eigenvalue weighted by atomic mass is 16.5. The molecule has 2 atom stereocenters. The maximum absolute atomic E-state index is 5.92. The molecule has 1 N–H and O–H groups in total. The molecule has 2 fully saturated rings. The Morgan fingerprint density at radius 2 is 2.32 bits per heavy atom. The van der Waals surface area contributed by atoms with Crippen LogP contribution in [0, 0.1) is 0 Å². The van der Waals surface area contributed by atoms with E-state index in [9.17, 15) is 0 Å². The average Bonchev–Trinajstić information content (AvgIpc) is 3.20. The minimum atomic E-state index is 0.131. The van der Waals surface area contributed by atoms with E-state index in [1.165, 1.54) is 0 Å². The molecule has 0 aliphatic carbocycles. The normalized spacial score (nSPS) is 24.4. The summed E-state index contributed by atoms with van der Waals surface area (Å²) >= 11 is 0. The van der Waals surface area contributed by atoms with Gasteiger partial charge in [-0.3, -0.25) is 4.98 Å². The van der Waals surface area contributed by atoms with Crippen molar-refractivity contribution < 1.29 is 14.2 Å². The Balaban J connectivity index is 1.51. The molecule has 0 radical (unpaired) electrons. The SMILES string of the molecule is CCNC(=NCCOc1cccnc1)N1CCOC(C2CCCO2)C1. The lowest BCUT2D eigenvalue weighted by atomic mass is 10.1. The largest absolute Gasteiger partial charge is 0.490 e. The molecule has 3 heterocycles. The number of ether oxygens (including phenoxy) is 3. The second-order valence-electron chi connectivity index (χ2n) is 6.18. The number of aromatic nitrogens is 1. The van der Waals surface area contributed by atoms with Crippen molar-refractivity contribution in [2.75, 3.05) is 46.0 Å². The summed E-state index contributed by atoms with van der Waals surface area (Å²) < 4.78 is 17.4. The van der Waals surface area contributed by atoms with Crippen LogP contribution in [0.2, 0.25) is 0 Å². The molecule has 1 aromatic heterocycles. The van der Waals surface area contributed by atoms with E-state index in [0.29, 0.717) is 19.8 Å². The molecule has 0 spiro atoms. The zero-order valence-corrected chi connectivity index (χ0v) is 14.9. The zero-order chi connectivity index (χ0) is 17.3. The number of hydrogen-bond donors (Lipinski definition) is 1. The van der Waals surface area contributed by atoms with Crippen LogP contribution in [0.4, 0.5) is 0 Å². The highest BCUT2D eigenvalue weighted by Crippen LogP contribution is 2.21. The van der Waals surface area contributed by atoms with Crippen molar-refractivity contribution in [2.45, 2.75) is 32.0 Å². The fourth-order valence-electron chi connectivity index (χ4n) is 3.16. The summed E-state index contributed by atoms with van der Waals surface area (Å²) in [6, 6.07) is 3.76. The number of morpholine rings is 1. The Bertz CT molecular complexity index is 534. The van der Waals surface area contributed by atoms with Crippen molar-refractivity contribution in [3.05, 3.63) is 24.5 Å². The van der Waals surface area contributed by atoms with Gasteiger partial charge in [-0.15, -0.1) is 0 Å². The summed E-state index contributed by atoms with van der Waals surface area (Å²) in [5.41, 5.74) is 0. The predicted octanol–water partition coefficient (Wildman–Crippen LogP) is 1.31. The van der Waals surface area contributed by atoms with Gasteiger partial charge < -0.3 is 24.4 Å².